The molecule has 0 aliphatic heterocycles. The molecule has 3 heterocycles. The molecule has 0 saturated heterocycles. The molecule has 0 saturated carbocycles. The number of nitrogens with zero attached hydrogens (tertiary/aromatic N) is 5. The second-order valence-corrected chi connectivity index (χ2v) is 10.0. The summed E-state index contributed by atoms with van der Waals surface area (Å²) in [5, 5.41) is 13.1. The number of benzene rings is 2. The van der Waals surface area contributed by atoms with Crippen molar-refractivity contribution in [2.45, 2.75) is 20.8 Å². The van der Waals surface area contributed by atoms with E-state index in [1.807, 2.05) is 12.1 Å². The van der Waals surface area contributed by atoms with Crippen LogP contribution in [0.2, 0.25) is 5.02 Å². The highest BCUT2D eigenvalue weighted by Crippen LogP contribution is 2.28. The van der Waals surface area contributed by atoms with Crippen LogP contribution in [0.3, 0.4) is 0 Å². The number of nitriles is 1. The number of hydrogen-bond acceptors (Lipinski definition) is 6. The van der Waals surface area contributed by atoms with Crippen LogP contribution in [0.25, 0.3) is 17.4 Å². The Morgan fingerprint density at radius 1 is 1.02 bits per heavy atom. The number of rotatable bonds is 6. The van der Waals surface area contributed by atoms with Gasteiger partial charge in [0, 0.05) is 18.3 Å². The van der Waals surface area contributed by atoms with Gasteiger partial charge in [-0.2, -0.15) is 10.2 Å². The fourth-order valence-corrected chi connectivity index (χ4v) is 4.59. The van der Waals surface area contributed by atoms with Gasteiger partial charge < -0.3 is 10.1 Å². The highest BCUT2D eigenvalue weighted by molar-refractivity contribution is 6.31. The minimum atomic E-state index is -0.870. The third-order valence-corrected chi connectivity index (χ3v) is 7.26. The van der Waals surface area contributed by atoms with E-state index in [9.17, 15) is 19.6 Å². The Balaban J connectivity index is 1.60. The van der Waals surface area contributed by atoms with Crippen LogP contribution in [0.15, 0.2) is 82.0 Å². The molecule has 0 spiro atoms. The Kier molecular flexibility index (Phi) is 7.53. The van der Waals surface area contributed by atoms with Crippen molar-refractivity contribution < 1.29 is 9.53 Å². The lowest BCUT2D eigenvalue weighted by molar-refractivity contribution is -0.112. The molecule has 0 atom stereocenters. The van der Waals surface area contributed by atoms with Crippen molar-refractivity contribution in [2.24, 2.45) is 7.05 Å². The largest absolute Gasteiger partial charge is 0.438 e. The average Bonchev–Trinajstić information content (AvgIpc) is 3.18. The lowest BCUT2D eigenvalue weighted by Crippen LogP contribution is -2.24. The van der Waals surface area contributed by atoms with Gasteiger partial charge in [-0.05, 0) is 74.4 Å². The van der Waals surface area contributed by atoms with Crippen LogP contribution < -0.4 is 21.2 Å². The summed E-state index contributed by atoms with van der Waals surface area (Å²) in [7, 11) is 1.69. The smallest absolute Gasteiger partial charge is 0.295 e. The molecule has 2 aromatic carbocycles. The predicted octanol–water partition coefficient (Wildman–Crippen LogP) is 5.10. The van der Waals surface area contributed by atoms with Crippen molar-refractivity contribution >= 4 is 34.9 Å². The molecule has 0 radical (unpaired) electrons. The van der Waals surface area contributed by atoms with Gasteiger partial charge in [0.2, 0.25) is 5.88 Å². The normalized spacial score (nSPS) is 11.4. The summed E-state index contributed by atoms with van der Waals surface area (Å²) in [6.07, 6.45) is 2.66. The Morgan fingerprint density at radius 3 is 2.45 bits per heavy atom. The maximum absolute atomic E-state index is 13.6. The van der Waals surface area contributed by atoms with Crippen molar-refractivity contribution in [3.63, 3.8) is 0 Å². The lowest BCUT2D eigenvalue weighted by Gasteiger charge is -2.12. The maximum atomic E-state index is 13.6. The third-order valence-electron chi connectivity index (χ3n) is 6.84. The van der Waals surface area contributed by atoms with Crippen LogP contribution in [-0.2, 0) is 11.8 Å². The molecule has 0 bridgehead atoms. The van der Waals surface area contributed by atoms with E-state index in [0.29, 0.717) is 27.8 Å². The van der Waals surface area contributed by atoms with Crippen LogP contribution >= 0.6 is 11.6 Å². The summed E-state index contributed by atoms with van der Waals surface area (Å²) in [6, 6.07) is 19.2. The molecule has 1 N–H and O–H groups in total. The molecule has 0 unspecified atom stereocenters. The van der Waals surface area contributed by atoms with Gasteiger partial charge in [-0.1, -0.05) is 35.9 Å². The second kappa shape index (κ2) is 11.2. The van der Waals surface area contributed by atoms with Gasteiger partial charge in [-0.15, -0.1) is 0 Å². The zero-order valence-electron chi connectivity index (χ0n) is 23.2. The van der Waals surface area contributed by atoms with Gasteiger partial charge >= 0.3 is 0 Å². The standard InChI is InChI=1S/C31H25ClN6O4/c1-18-9-8-14-37-27(18)35-29(42-23-12-13-25(32)19(2)15-23)24(30(37)40)16-21(17-33)28(39)34-26-20(3)36(4)38(31(26)41)22-10-6-5-7-11-22/h5-16H,1-4H3,(H,34,39)/b21-16+. The molecule has 11 heteroatoms. The number of halogens is 1. The molecular formula is C31H25ClN6O4. The molecule has 0 aliphatic rings. The number of anilines is 1. The van der Waals surface area contributed by atoms with Gasteiger partial charge in [0.25, 0.3) is 17.0 Å². The summed E-state index contributed by atoms with van der Waals surface area (Å²) >= 11 is 6.16. The van der Waals surface area contributed by atoms with Gasteiger partial charge in [-0.3, -0.25) is 23.5 Å². The first-order chi connectivity index (χ1) is 20.1. The monoisotopic (exact) mass is 580 g/mol. The first-order valence-corrected chi connectivity index (χ1v) is 13.2. The molecular weight excluding hydrogens is 556 g/mol. The number of carbonyl (C=O) groups excluding carboxylic acids is 1. The number of pyridine rings is 1. The van der Waals surface area contributed by atoms with E-state index in [2.05, 4.69) is 10.3 Å². The van der Waals surface area contributed by atoms with E-state index >= 15 is 0 Å². The van der Waals surface area contributed by atoms with E-state index in [0.717, 1.165) is 17.2 Å². The van der Waals surface area contributed by atoms with Gasteiger partial charge in [0.05, 0.1) is 11.4 Å². The zero-order chi connectivity index (χ0) is 30.1. The number of para-hydroxylation sites is 1. The SMILES string of the molecule is Cc1cc(Oc2nc3c(C)cccn3c(=O)c2/C=C(\C#N)C(=O)Nc2c(C)n(C)n(-c3ccccc3)c2=O)ccc1Cl. The fraction of sp³-hybridized carbons (Fsp3) is 0.129. The molecule has 1 amide bonds. The average molecular weight is 581 g/mol. The predicted molar refractivity (Wildman–Crippen MR) is 160 cm³/mol. The summed E-state index contributed by atoms with van der Waals surface area (Å²) in [4.78, 5) is 44.8. The van der Waals surface area contributed by atoms with E-state index in [1.54, 1.807) is 87.1 Å². The summed E-state index contributed by atoms with van der Waals surface area (Å²) in [6.45, 7) is 5.28. The number of fused-ring (bicyclic) bond motifs is 1. The summed E-state index contributed by atoms with van der Waals surface area (Å²) in [5.74, 6) is -0.606. The Hall–Kier alpha value is -5.40. The Bertz CT molecular complexity index is 2070. The first kappa shape index (κ1) is 28.1. The number of hydrogen-bond donors (Lipinski definition) is 1. The van der Waals surface area contributed by atoms with E-state index in [4.69, 9.17) is 16.3 Å². The fourth-order valence-electron chi connectivity index (χ4n) is 4.47. The summed E-state index contributed by atoms with van der Waals surface area (Å²) in [5.41, 5.74) is 1.33. The molecule has 3 aromatic heterocycles. The molecule has 5 aromatic rings. The van der Waals surface area contributed by atoms with Crippen molar-refractivity contribution in [2.75, 3.05) is 5.32 Å². The van der Waals surface area contributed by atoms with E-state index < -0.39 is 22.6 Å². The van der Waals surface area contributed by atoms with Crippen molar-refractivity contribution in [3.8, 4) is 23.4 Å². The second-order valence-electron chi connectivity index (χ2n) is 9.59. The number of aryl methyl sites for hydroxylation is 2. The third kappa shape index (κ3) is 5.09. The lowest BCUT2D eigenvalue weighted by atomic mass is 10.1. The maximum Gasteiger partial charge on any atom is 0.295 e. The number of amides is 1. The van der Waals surface area contributed by atoms with Crippen LogP contribution in [0.1, 0.15) is 22.4 Å². The van der Waals surface area contributed by atoms with Gasteiger partial charge in [-0.25, -0.2) is 4.68 Å². The molecule has 210 valence electrons. The molecule has 42 heavy (non-hydrogen) atoms. The van der Waals surface area contributed by atoms with Gasteiger partial charge in [0.15, 0.2) is 0 Å². The first-order valence-electron chi connectivity index (χ1n) is 12.8. The van der Waals surface area contributed by atoms with Crippen LogP contribution in [0.5, 0.6) is 11.6 Å². The van der Waals surface area contributed by atoms with E-state index in [-0.39, 0.29) is 17.1 Å². The van der Waals surface area contributed by atoms with Crippen molar-refractivity contribution in [3.05, 3.63) is 121 Å². The minimum absolute atomic E-state index is 0.00426. The van der Waals surface area contributed by atoms with Crippen molar-refractivity contribution in [1.82, 2.24) is 18.7 Å². The Morgan fingerprint density at radius 2 is 1.76 bits per heavy atom. The highest BCUT2D eigenvalue weighted by atomic mass is 35.5. The van der Waals surface area contributed by atoms with Gasteiger partial charge in [0.1, 0.15) is 34.3 Å². The quantitative estimate of drug-likeness (QED) is 0.220. The van der Waals surface area contributed by atoms with Crippen LogP contribution in [-0.4, -0.2) is 24.7 Å². The highest BCUT2D eigenvalue weighted by Gasteiger charge is 2.22. The summed E-state index contributed by atoms with van der Waals surface area (Å²) < 4.78 is 10.3. The molecule has 10 nitrogen and oxygen atoms in total. The molecule has 5 rings (SSSR count). The molecule has 0 aliphatic carbocycles. The topological polar surface area (TPSA) is 123 Å². The number of ether oxygens (including phenoxy) is 1. The van der Waals surface area contributed by atoms with Crippen LogP contribution in [0.4, 0.5) is 5.69 Å². The van der Waals surface area contributed by atoms with E-state index in [1.165, 1.54) is 15.3 Å². The van der Waals surface area contributed by atoms with Crippen molar-refractivity contribution in [1.29, 1.82) is 5.26 Å². The van der Waals surface area contributed by atoms with Crippen LogP contribution in [0, 0.1) is 32.1 Å². The number of carbonyl (C=O) groups is 1. The zero-order valence-corrected chi connectivity index (χ0v) is 23.9. The number of aromatic nitrogens is 4. The number of nitrogens with one attached hydrogen (secondary N) is 1. The Labute approximate surface area is 245 Å². The minimum Gasteiger partial charge on any atom is -0.438 e. The molecule has 0 fully saturated rings.